The summed E-state index contributed by atoms with van der Waals surface area (Å²) in [5.41, 5.74) is 5.89. The van der Waals surface area contributed by atoms with E-state index in [1.54, 1.807) is 6.20 Å². The number of aromatic nitrogens is 2. The third-order valence-electron chi connectivity index (χ3n) is 3.25. The predicted molar refractivity (Wildman–Crippen MR) is 73.0 cm³/mol. The second-order valence-corrected chi connectivity index (χ2v) is 5.68. The maximum absolute atomic E-state index is 11.9. The SMILES string of the molecule is NC1(CC(=O)Nc2cnc(Br)cn2)CCCCC1. The second-order valence-electron chi connectivity index (χ2n) is 4.87. The zero-order valence-electron chi connectivity index (χ0n) is 10.2. The van der Waals surface area contributed by atoms with Crippen molar-refractivity contribution in [2.75, 3.05) is 5.32 Å². The molecule has 0 bridgehead atoms. The van der Waals surface area contributed by atoms with Crippen molar-refractivity contribution in [2.45, 2.75) is 44.1 Å². The zero-order chi connectivity index (χ0) is 13.0. The van der Waals surface area contributed by atoms with Crippen molar-refractivity contribution in [1.29, 1.82) is 0 Å². The number of nitrogens with two attached hydrogens (primary N) is 1. The van der Waals surface area contributed by atoms with Gasteiger partial charge in [-0.05, 0) is 28.8 Å². The maximum Gasteiger partial charge on any atom is 0.227 e. The summed E-state index contributed by atoms with van der Waals surface area (Å²) in [7, 11) is 0. The van der Waals surface area contributed by atoms with Gasteiger partial charge in [-0.1, -0.05) is 19.3 Å². The van der Waals surface area contributed by atoms with E-state index in [-0.39, 0.29) is 11.4 Å². The Balaban J connectivity index is 1.90. The number of anilines is 1. The molecule has 1 heterocycles. The topological polar surface area (TPSA) is 80.9 Å². The van der Waals surface area contributed by atoms with Crippen molar-refractivity contribution >= 4 is 27.7 Å². The summed E-state index contributed by atoms with van der Waals surface area (Å²) in [6.45, 7) is 0. The van der Waals surface area contributed by atoms with E-state index in [4.69, 9.17) is 5.73 Å². The predicted octanol–water partition coefficient (Wildman–Crippen LogP) is 2.23. The van der Waals surface area contributed by atoms with E-state index in [9.17, 15) is 4.79 Å². The maximum atomic E-state index is 11.9. The van der Waals surface area contributed by atoms with Crippen LogP contribution < -0.4 is 11.1 Å². The van der Waals surface area contributed by atoms with Gasteiger partial charge in [0, 0.05) is 12.0 Å². The first-order valence-electron chi connectivity index (χ1n) is 6.14. The molecule has 0 unspecified atom stereocenters. The largest absolute Gasteiger partial charge is 0.325 e. The normalized spacial score (nSPS) is 18.3. The molecule has 0 saturated heterocycles. The average molecular weight is 313 g/mol. The molecule has 98 valence electrons. The van der Waals surface area contributed by atoms with Crippen LogP contribution in [0.4, 0.5) is 5.82 Å². The molecule has 1 aliphatic rings. The van der Waals surface area contributed by atoms with Crippen molar-refractivity contribution < 1.29 is 4.79 Å². The summed E-state index contributed by atoms with van der Waals surface area (Å²) < 4.78 is 0.642. The summed E-state index contributed by atoms with van der Waals surface area (Å²) in [5, 5.41) is 2.73. The van der Waals surface area contributed by atoms with Gasteiger partial charge in [-0.25, -0.2) is 9.97 Å². The molecule has 5 nitrogen and oxygen atoms in total. The van der Waals surface area contributed by atoms with Gasteiger partial charge >= 0.3 is 0 Å². The highest BCUT2D eigenvalue weighted by molar-refractivity contribution is 9.10. The first kappa shape index (κ1) is 13.4. The van der Waals surface area contributed by atoms with Crippen LogP contribution in [0.3, 0.4) is 0 Å². The van der Waals surface area contributed by atoms with E-state index in [0.717, 1.165) is 25.7 Å². The van der Waals surface area contributed by atoms with Gasteiger partial charge in [0.1, 0.15) is 4.60 Å². The van der Waals surface area contributed by atoms with Gasteiger partial charge < -0.3 is 11.1 Å². The fourth-order valence-corrected chi connectivity index (χ4v) is 2.52. The Kier molecular flexibility index (Phi) is 4.29. The molecular formula is C12H17BrN4O. The number of rotatable bonds is 3. The molecule has 1 fully saturated rings. The zero-order valence-corrected chi connectivity index (χ0v) is 11.7. The summed E-state index contributed by atoms with van der Waals surface area (Å²) >= 11 is 3.19. The highest BCUT2D eigenvalue weighted by Gasteiger charge is 2.30. The van der Waals surface area contributed by atoms with E-state index in [1.165, 1.54) is 12.6 Å². The summed E-state index contributed by atoms with van der Waals surface area (Å²) in [5.74, 6) is 0.374. The number of nitrogens with zero attached hydrogens (tertiary/aromatic N) is 2. The Morgan fingerprint density at radius 3 is 2.67 bits per heavy atom. The molecule has 0 aliphatic heterocycles. The molecule has 0 radical (unpaired) electrons. The smallest absolute Gasteiger partial charge is 0.227 e. The van der Waals surface area contributed by atoms with E-state index in [0.29, 0.717) is 16.8 Å². The molecule has 3 N–H and O–H groups in total. The van der Waals surface area contributed by atoms with Gasteiger partial charge in [0.15, 0.2) is 5.82 Å². The Morgan fingerprint density at radius 1 is 1.33 bits per heavy atom. The van der Waals surface area contributed by atoms with Crippen LogP contribution in [0.1, 0.15) is 38.5 Å². The summed E-state index contributed by atoms with van der Waals surface area (Å²) in [6.07, 6.45) is 8.71. The molecule has 1 saturated carbocycles. The van der Waals surface area contributed by atoms with Crippen LogP contribution >= 0.6 is 15.9 Å². The van der Waals surface area contributed by atoms with Crippen LogP contribution in [0.2, 0.25) is 0 Å². The summed E-state index contributed by atoms with van der Waals surface area (Å²) in [6, 6.07) is 0. The molecule has 1 aliphatic carbocycles. The number of carbonyl (C=O) groups is 1. The minimum absolute atomic E-state index is 0.0870. The molecule has 1 aromatic rings. The van der Waals surface area contributed by atoms with Crippen LogP contribution in [-0.4, -0.2) is 21.4 Å². The van der Waals surface area contributed by atoms with E-state index >= 15 is 0 Å². The molecule has 1 amide bonds. The second kappa shape index (κ2) is 5.75. The van der Waals surface area contributed by atoms with Crippen molar-refractivity contribution in [3.05, 3.63) is 17.0 Å². The minimum atomic E-state index is -0.342. The van der Waals surface area contributed by atoms with E-state index < -0.39 is 0 Å². The fourth-order valence-electron chi connectivity index (χ4n) is 2.32. The molecule has 2 rings (SSSR count). The van der Waals surface area contributed by atoms with Gasteiger partial charge in [0.2, 0.25) is 5.91 Å². The number of nitrogens with one attached hydrogen (secondary N) is 1. The Labute approximate surface area is 115 Å². The molecule has 18 heavy (non-hydrogen) atoms. The minimum Gasteiger partial charge on any atom is -0.325 e. The van der Waals surface area contributed by atoms with Crippen LogP contribution in [-0.2, 0) is 4.79 Å². The molecule has 0 spiro atoms. The van der Waals surface area contributed by atoms with Crippen LogP contribution in [0.15, 0.2) is 17.0 Å². The first-order chi connectivity index (χ1) is 8.57. The molecule has 0 aromatic carbocycles. The van der Waals surface area contributed by atoms with E-state index in [1.807, 2.05) is 0 Å². The van der Waals surface area contributed by atoms with Crippen molar-refractivity contribution in [2.24, 2.45) is 5.73 Å². The van der Waals surface area contributed by atoms with Gasteiger partial charge in [-0.3, -0.25) is 4.79 Å². The monoisotopic (exact) mass is 312 g/mol. The van der Waals surface area contributed by atoms with Crippen molar-refractivity contribution in [1.82, 2.24) is 9.97 Å². The lowest BCUT2D eigenvalue weighted by Gasteiger charge is -2.32. The number of carbonyl (C=O) groups excluding carboxylic acids is 1. The molecule has 0 atom stereocenters. The molecule has 1 aromatic heterocycles. The first-order valence-corrected chi connectivity index (χ1v) is 6.93. The third-order valence-corrected chi connectivity index (χ3v) is 3.66. The van der Waals surface area contributed by atoms with Crippen molar-refractivity contribution in [3.8, 4) is 0 Å². The van der Waals surface area contributed by atoms with Gasteiger partial charge in [0.25, 0.3) is 0 Å². The fraction of sp³-hybridized carbons (Fsp3) is 0.583. The van der Waals surface area contributed by atoms with Gasteiger partial charge in [-0.2, -0.15) is 0 Å². The van der Waals surface area contributed by atoms with Crippen molar-refractivity contribution in [3.63, 3.8) is 0 Å². The Morgan fingerprint density at radius 2 is 2.06 bits per heavy atom. The number of hydrogen-bond donors (Lipinski definition) is 2. The Hall–Kier alpha value is -1.01. The quantitative estimate of drug-likeness (QED) is 0.896. The summed E-state index contributed by atoms with van der Waals surface area (Å²) in [4.78, 5) is 20.0. The van der Waals surface area contributed by atoms with Crippen LogP contribution in [0.5, 0.6) is 0 Å². The number of hydrogen-bond acceptors (Lipinski definition) is 4. The van der Waals surface area contributed by atoms with Crippen LogP contribution in [0.25, 0.3) is 0 Å². The number of amides is 1. The number of halogens is 1. The highest BCUT2D eigenvalue weighted by Crippen LogP contribution is 2.28. The lowest BCUT2D eigenvalue weighted by Crippen LogP contribution is -2.44. The highest BCUT2D eigenvalue weighted by atomic mass is 79.9. The standard InChI is InChI=1S/C12H17BrN4O/c13-9-7-16-10(8-15-9)17-11(18)6-12(14)4-2-1-3-5-12/h7-8H,1-6,14H2,(H,16,17,18). The average Bonchev–Trinajstić information content (AvgIpc) is 2.32. The van der Waals surface area contributed by atoms with E-state index in [2.05, 4.69) is 31.2 Å². The lowest BCUT2D eigenvalue weighted by molar-refractivity contribution is -0.117. The van der Waals surface area contributed by atoms with Crippen LogP contribution in [0, 0.1) is 0 Å². The lowest BCUT2D eigenvalue weighted by atomic mass is 9.80. The molecular weight excluding hydrogens is 296 g/mol. The third kappa shape index (κ3) is 3.74. The molecule has 6 heteroatoms. The van der Waals surface area contributed by atoms with Gasteiger partial charge in [-0.15, -0.1) is 0 Å². The Bertz CT molecular complexity index is 415. The van der Waals surface area contributed by atoms with Gasteiger partial charge in [0.05, 0.1) is 12.4 Å².